The van der Waals surface area contributed by atoms with E-state index in [0.29, 0.717) is 17.9 Å². The summed E-state index contributed by atoms with van der Waals surface area (Å²) in [4.78, 5) is 11.7. The number of hydrogen-bond acceptors (Lipinski definition) is 1. The first-order chi connectivity index (χ1) is 7.86. The summed E-state index contributed by atoms with van der Waals surface area (Å²) in [6.45, 7) is 9.51. The molecule has 0 radical (unpaired) electrons. The molecule has 0 aromatic carbocycles. The van der Waals surface area contributed by atoms with Crippen LogP contribution < -0.4 is 5.32 Å². The lowest BCUT2D eigenvalue weighted by atomic mass is 9.69. The number of hydrogen-bond donors (Lipinski definition) is 1. The average Bonchev–Trinajstić information content (AvgIpc) is 2.27. The van der Waals surface area contributed by atoms with E-state index in [9.17, 15) is 4.79 Å². The molecule has 0 aromatic rings. The van der Waals surface area contributed by atoms with E-state index in [1.54, 1.807) is 0 Å². The van der Waals surface area contributed by atoms with Crippen LogP contribution in [-0.4, -0.2) is 17.8 Å². The molecule has 1 unspecified atom stereocenters. The highest BCUT2D eigenvalue weighted by Crippen LogP contribution is 2.41. The highest BCUT2D eigenvalue weighted by molar-refractivity contribution is 6.30. The second kappa shape index (κ2) is 6.08. The van der Waals surface area contributed by atoms with E-state index in [1.807, 2.05) is 6.92 Å². The number of carbonyl (C=O) groups excluding carboxylic acids is 1. The van der Waals surface area contributed by atoms with Crippen LogP contribution in [0.15, 0.2) is 0 Å². The molecule has 100 valence electrons. The van der Waals surface area contributed by atoms with Crippen LogP contribution in [0.2, 0.25) is 0 Å². The minimum Gasteiger partial charge on any atom is -0.355 e. The van der Waals surface area contributed by atoms with Gasteiger partial charge in [-0.25, -0.2) is 0 Å². The van der Waals surface area contributed by atoms with Crippen molar-refractivity contribution < 1.29 is 4.79 Å². The fourth-order valence-electron chi connectivity index (χ4n) is 2.76. The predicted octanol–water partition coefficient (Wildman–Crippen LogP) is 3.58. The van der Waals surface area contributed by atoms with E-state index in [2.05, 4.69) is 26.1 Å². The van der Waals surface area contributed by atoms with Gasteiger partial charge in [-0.2, -0.15) is 0 Å². The lowest BCUT2D eigenvalue weighted by molar-refractivity contribution is -0.121. The largest absolute Gasteiger partial charge is 0.355 e. The first-order valence-electron chi connectivity index (χ1n) is 6.78. The third-order valence-electron chi connectivity index (χ3n) is 4.01. The van der Waals surface area contributed by atoms with Gasteiger partial charge < -0.3 is 5.32 Å². The van der Waals surface area contributed by atoms with Gasteiger partial charge in [-0.05, 0) is 49.9 Å². The lowest BCUT2D eigenvalue weighted by Gasteiger charge is -2.37. The molecule has 0 aliphatic heterocycles. The molecule has 0 bridgehead atoms. The summed E-state index contributed by atoms with van der Waals surface area (Å²) in [5, 5.41) is 2.48. The third kappa shape index (κ3) is 4.17. The molecule has 17 heavy (non-hydrogen) atoms. The first kappa shape index (κ1) is 14.8. The number of nitrogens with one attached hydrogen (secondary N) is 1. The van der Waals surface area contributed by atoms with Gasteiger partial charge in [0.25, 0.3) is 0 Å². The van der Waals surface area contributed by atoms with Crippen molar-refractivity contribution in [3.05, 3.63) is 0 Å². The van der Waals surface area contributed by atoms with Crippen molar-refractivity contribution in [2.45, 2.75) is 58.8 Å². The summed E-state index contributed by atoms with van der Waals surface area (Å²) in [6.07, 6.45) is 4.59. The molecule has 0 saturated heterocycles. The summed E-state index contributed by atoms with van der Waals surface area (Å²) in [5.74, 6) is 1.15. The molecular formula is C14H26ClNO. The summed E-state index contributed by atoms with van der Waals surface area (Å²) in [7, 11) is 0. The number of rotatable bonds is 3. The Kier molecular flexibility index (Phi) is 5.30. The molecule has 1 amide bonds. The van der Waals surface area contributed by atoms with Gasteiger partial charge in [0.1, 0.15) is 5.38 Å². The Bertz CT molecular complexity index is 251. The van der Waals surface area contributed by atoms with E-state index in [0.717, 1.165) is 18.8 Å². The average molecular weight is 260 g/mol. The van der Waals surface area contributed by atoms with Gasteiger partial charge in [0.15, 0.2) is 0 Å². The lowest BCUT2D eigenvalue weighted by Crippen LogP contribution is -2.38. The number of alkyl halides is 1. The van der Waals surface area contributed by atoms with Crippen LogP contribution in [0.4, 0.5) is 0 Å². The number of carbonyl (C=O) groups is 1. The Morgan fingerprint density at radius 1 is 1.29 bits per heavy atom. The fourth-order valence-corrected chi connectivity index (χ4v) is 3.09. The molecule has 1 N–H and O–H groups in total. The molecule has 1 fully saturated rings. The summed E-state index contributed by atoms with van der Waals surface area (Å²) < 4.78 is 0. The van der Waals surface area contributed by atoms with Crippen molar-refractivity contribution in [3.63, 3.8) is 0 Å². The molecule has 0 aromatic heterocycles. The maximum Gasteiger partial charge on any atom is 0.238 e. The molecule has 1 aliphatic rings. The minimum atomic E-state index is -0.337. The summed E-state index contributed by atoms with van der Waals surface area (Å²) >= 11 is 6.24. The highest BCUT2D eigenvalue weighted by Gasteiger charge is 2.34. The molecule has 1 saturated carbocycles. The van der Waals surface area contributed by atoms with Crippen molar-refractivity contribution in [1.82, 2.24) is 5.32 Å². The zero-order valence-corrected chi connectivity index (χ0v) is 12.3. The molecule has 1 atom stereocenters. The van der Waals surface area contributed by atoms with E-state index in [1.165, 1.54) is 12.8 Å². The van der Waals surface area contributed by atoms with E-state index in [-0.39, 0.29) is 11.3 Å². The topological polar surface area (TPSA) is 29.1 Å². The second-order valence-electron chi connectivity index (χ2n) is 6.27. The van der Waals surface area contributed by atoms with Crippen molar-refractivity contribution in [3.8, 4) is 0 Å². The Morgan fingerprint density at radius 3 is 2.24 bits per heavy atom. The fraction of sp³-hybridized carbons (Fsp3) is 0.929. The third-order valence-corrected chi connectivity index (χ3v) is 4.57. The minimum absolute atomic E-state index is 0.00775. The predicted molar refractivity (Wildman–Crippen MR) is 73.2 cm³/mol. The van der Waals surface area contributed by atoms with Crippen molar-refractivity contribution in [1.29, 1.82) is 0 Å². The Labute approximate surface area is 110 Å². The zero-order valence-electron chi connectivity index (χ0n) is 11.6. The van der Waals surface area contributed by atoms with Crippen molar-refractivity contribution in [2.75, 3.05) is 6.54 Å². The van der Waals surface area contributed by atoms with Gasteiger partial charge in [0.05, 0.1) is 0 Å². The Balaban J connectivity index is 2.44. The van der Waals surface area contributed by atoms with Crippen molar-refractivity contribution >= 4 is 17.5 Å². The number of halogens is 1. The van der Waals surface area contributed by atoms with Crippen LogP contribution in [-0.2, 0) is 4.79 Å². The molecular weight excluding hydrogens is 234 g/mol. The SMILES string of the molecule is CCNC(=O)C(Cl)C1CCC(C(C)(C)C)CC1. The molecule has 0 spiro atoms. The van der Waals surface area contributed by atoms with Crippen LogP contribution in [0.3, 0.4) is 0 Å². The normalized spacial score (nSPS) is 27.6. The van der Waals surface area contributed by atoms with Crippen LogP contribution in [0, 0.1) is 17.3 Å². The quantitative estimate of drug-likeness (QED) is 0.772. The maximum absolute atomic E-state index is 11.7. The molecule has 0 heterocycles. The maximum atomic E-state index is 11.7. The molecule has 1 rings (SSSR count). The van der Waals surface area contributed by atoms with E-state index >= 15 is 0 Å². The van der Waals surface area contributed by atoms with Crippen molar-refractivity contribution in [2.24, 2.45) is 17.3 Å². The Hall–Kier alpha value is -0.240. The van der Waals surface area contributed by atoms with E-state index in [4.69, 9.17) is 11.6 Å². The second-order valence-corrected chi connectivity index (χ2v) is 6.74. The van der Waals surface area contributed by atoms with Gasteiger partial charge >= 0.3 is 0 Å². The van der Waals surface area contributed by atoms with Gasteiger partial charge in [-0.15, -0.1) is 11.6 Å². The standard InChI is InChI=1S/C14H26ClNO/c1-5-16-13(17)12(15)10-6-8-11(9-7-10)14(2,3)4/h10-12H,5-9H2,1-4H3,(H,16,17). The highest BCUT2D eigenvalue weighted by atomic mass is 35.5. The van der Waals surface area contributed by atoms with E-state index < -0.39 is 0 Å². The van der Waals surface area contributed by atoms with Gasteiger partial charge in [-0.1, -0.05) is 20.8 Å². The zero-order chi connectivity index (χ0) is 13.1. The van der Waals surface area contributed by atoms with Crippen LogP contribution in [0.5, 0.6) is 0 Å². The molecule has 3 heteroatoms. The monoisotopic (exact) mass is 259 g/mol. The van der Waals surface area contributed by atoms with Gasteiger partial charge in [-0.3, -0.25) is 4.79 Å². The summed E-state index contributed by atoms with van der Waals surface area (Å²) in [6, 6.07) is 0. The van der Waals surface area contributed by atoms with Crippen LogP contribution >= 0.6 is 11.6 Å². The summed E-state index contributed by atoms with van der Waals surface area (Å²) in [5.41, 5.74) is 0.387. The molecule has 1 aliphatic carbocycles. The van der Waals surface area contributed by atoms with Crippen LogP contribution in [0.25, 0.3) is 0 Å². The Morgan fingerprint density at radius 2 is 1.82 bits per heavy atom. The molecule has 2 nitrogen and oxygen atoms in total. The van der Waals surface area contributed by atoms with Gasteiger partial charge in [0, 0.05) is 6.54 Å². The first-order valence-corrected chi connectivity index (χ1v) is 7.21. The number of amides is 1. The van der Waals surface area contributed by atoms with Crippen LogP contribution in [0.1, 0.15) is 53.4 Å². The van der Waals surface area contributed by atoms with Gasteiger partial charge in [0.2, 0.25) is 5.91 Å². The smallest absolute Gasteiger partial charge is 0.238 e.